The Morgan fingerprint density at radius 1 is 1.11 bits per heavy atom. The minimum absolute atomic E-state index is 0.0565. The summed E-state index contributed by atoms with van der Waals surface area (Å²) >= 11 is 12.2. The van der Waals surface area contributed by atoms with Crippen LogP contribution in [-0.4, -0.2) is 7.11 Å². The SMILES string of the molecule is COc1ccc(Cl)cc1NC(C)c1ccccc1Cl. The van der Waals surface area contributed by atoms with Crippen LogP contribution in [0.5, 0.6) is 5.75 Å². The summed E-state index contributed by atoms with van der Waals surface area (Å²) in [6.07, 6.45) is 0. The molecule has 0 aliphatic carbocycles. The highest BCUT2D eigenvalue weighted by molar-refractivity contribution is 6.31. The van der Waals surface area contributed by atoms with Crippen LogP contribution in [0, 0.1) is 0 Å². The molecule has 2 aromatic carbocycles. The molecule has 1 atom stereocenters. The number of anilines is 1. The number of hydrogen-bond acceptors (Lipinski definition) is 2. The van der Waals surface area contributed by atoms with Crippen molar-refractivity contribution in [3.63, 3.8) is 0 Å². The van der Waals surface area contributed by atoms with Gasteiger partial charge in [0.2, 0.25) is 0 Å². The van der Waals surface area contributed by atoms with E-state index in [1.165, 1.54) is 0 Å². The molecule has 1 N–H and O–H groups in total. The van der Waals surface area contributed by atoms with Gasteiger partial charge in [0.25, 0.3) is 0 Å². The van der Waals surface area contributed by atoms with Gasteiger partial charge in [0.15, 0.2) is 0 Å². The zero-order chi connectivity index (χ0) is 13.8. The monoisotopic (exact) mass is 295 g/mol. The molecule has 1 unspecified atom stereocenters. The summed E-state index contributed by atoms with van der Waals surface area (Å²) in [6.45, 7) is 2.04. The molecule has 2 aromatic rings. The molecule has 0 saturated heterocycles. The van der Waals surface area contributed by atoms with E-state index in [9.17, 15) is 0 Å². The Morgan fingerprint density at radius 3 is 2.53 bits per heavy atom. The normalized spacial score (nSPS) is 12.0. The topological polar surface area (TPSA) is 21.3 Å². The molecule has 0 fully saturated rings. The lowest BCUT2D eigenvalue weighted by molar-refractivity contribution is 0.416. The fraction of sp³-hybridized carbons (Fsp3) is 0.200. The Balaban J connectivity index is 2.26. The molecule has 0 radical (unpaired) electrons. The zero-order valence-corrected chi connectivity index (χ0v) is 12.3. The van der Waals surface area contributed by atoms with Gasteiger partial charge in [-0.2, -0.15) is 0 Å². The van der Waals surface area contributed by atoms with Crippen LogP contribution in [0.25, 0.3) is 0 Å². The first-order valence-electron chi connectivity index (χ1n) is 5.96. The predicted molar refractivity (Wildman–Crippen MR) is 81.5 cm³/mol. The van der Waals surface area contributed by atoms with Gasteiger partial charge < -0.3 is 10.1 Å². The van der Waals surface area contributed by atoms with E-state index in [1.807, 2.05) is 43.3 Å². The van der Waals surface area contributed by atoms with Crippen LogP contribution < -0.4 is 10.1 Å². The molecule has 4 heteroatoms. The zero-order valence-electron chi connectivity index (χ0n) is 10.8. The van der Waals surface area contributed by atoms with E-state index in [-0.39, 0.29) is 6.04 Å². The summed E-state index contributed by atoms with van der Waals surface area (Å²) in [7, 11) is 1.63. The van der Waals surface area contributed by atoms with Gasteiger partial charge in [-0.25, -0.2) is 0 Å². The van der Waals surface area contributed by atoms with Crippen molar-refractivity contribution in [2.75, 3.05) is 12.4 Å². The summed E-state index contributed by atoms with van der Waals surface area (Å²) in [5.74, 6) is 0.753. The molecular formula is C15H15Cl2NO. The molecule has 0 aliphatic heterocycles. The second-order valence-electron chi connectivity index (χ2n) is 4.23. The van der Waals surface area contributed by atoms with E-state index in [1.54, 1.807) is 13.2 Å². The van der Waals surface area contributed by atoms with Crippen molar-refractivity contribution < 1.29 is 4.74 Å². The highest BCUT2D eigenvalue weighted by Crippen LogP contribution is 2.32. The van der Waals surface area contributed by atoms with Gasteiger partial charge in [0.1, 0.15) is 5.75 Å². The van der Waals surface area contributed by atoms with Crippen molar-refractivity contribution in [3.05, 3.63) is 58.1 Å². The second-order valence-corrected chi connectivity index (χ2v) is 5.08. The lowest BCUT2D eigenvalue weighted by atomic mass is 10.1. The average molecular weight is 296 g/mol. The van der Waals surface area contributed by atoms with E-state index in [2.05, 4.69) is 5.32 Å². The van der Waals surface area contributed by atoms with E-state index in [4.69, 9.17) is 27.9 Å². The number of ether oxygens (including phenoxy) is 1. The van der Waals surface area contributed by atoms with Gasteiger partial charge in [-0.05, 0) is 36.8 Å². The molecule has 2 rings (SSSR count). The summed E-state index contributed by atoms with van der Waals surface area (Å²) < 4.78 is 5.31. The summed E-state index contributed by atoms with van der Waals surface area (Å²) in [6, 6.07) is 13.3. The minimum Gasteiger partial charge on any atom is -0.495 e. The molecule has 2 nitrogen and oxygen atoms in total. The van der Waals surface area contributed by atoms with Crippen molar-refractivity contribution in [1.82, 2.24) is 0 Å². The Hall–Kier alpha value is -1.38. The third-order valence-electron chi connectivity index (χ3n) is 2.91. The summed E-state index contributed by atoms with van der Waals surface area (Å²) in [5.41, 5.74) is 1.88. The Morgan fingerprint density at radius 2 is 1.84 bits per heavy atom. The van der Waals surface area contributed by atoms with E-state index in [0.717, 1.165) is 22.0 Å². The lowest BCUT2D eigenvalue weighted by Crippen LogP contribution is -2.08. The van der Waals surface area contributed by atoms with E-state index in [0.29, 0.717) is 5.02 Å². The average Bonchev–Trinajstić information content (AvgIpc) is 2.39. The van der Waals surface area contributed by atoms with Crippen molar-refractivity contribution in [1.29, 1.82) is 0 Å². The third-order valence-corrected chi connectivity index (χ3v) is 3.48. The van der Waals surface area contributed by atoms with Gasteiger partial charge in [0.05, 0.1) is 18.8 Å². The van der Waals surface area contributed by atoms with Crippen LogP contribution in [0.4, 0.5) is 5.69 Å². The highest BCUT2D eigenvalue weighted by Gasteiger charge is 2.11. The first-order valence-corrected chi connectivity index (χ1v) is 6.72. The number of methoxy groups -OCH3 is 1. The van der Waals surface area contributed by atoms with E-state index < -0.39 is 0 Å². The maximum Gasteiger partial charge on any atom is 0.142 e. The molecule has 0 amide bonds. The molecule has 19 heavy (non-hydrogen) atoms. The van der Waals surface area contributed by atoms with Gasteiger partial charge in [0, 0.05) is 10.0 Å². The smallest absolute Gasteiger partial charge is 0.142 e. The Kier molecular flexibility index (Phi) is 4.56. The quantitative estimate of drug-likeness (QED) is 0.839. The largest absolute Gasteiger partial charge is 0.495 e. The number of benzene rings is 2. The molecule has 0 spiro atoms. The van der Waals surface area contributed by atoms with Gasteiger partial charge in [-0.3, -0.25) is 0 Å². The maximum absolute atomic E-state index is 6.19. The van der Waals surface area contributed by atoms with Crippen LogP contribution in [-0.2, 0) is 0 Å². The predicted octanol–water partition coefficient (Wildman–Crippen LogP) is 5.18. The fourth-order valence-electron chi connectivity index (χ4n) is 1.93. The van der Waals surface area contributed by atoms with Crippen LogP contribution in [0.15, 0.2) is 42.5 Å². The molecule has 0 saturated carbocycles. The van der Waals surface area contributed by atoms with Crippen molar-refractivity contribution in [2.24, 2.45) is 0 Å². The lowest BCUT2D eigenvalue weighted by Gasteiger charge is -2.19. The second kappa shape index (κ2) is 6.18. The van der Waals surface area contributed by atoms with Crippen molar-refractivity contribution in [3.8, 4) is 5.75 Å². The molecule has 0 bridgehead atoms. The van der Waals surface area contributed by atoms with E-state index >= 15 is 0 Å². The third kappa shape index (κ3) is 3.34. The molecule has 0 heterocycles. The van der Waals surface area contributed by atoms with Gasteiger partial charge in [-0.1, -0.05) is 41.4 Å². The molecule has 0 aliphatic rings. The molecule has 100 valence electrons. The number of hydrogen-bond donors (Lipinski definition) is 1. The van der Waals surface area contributed by atoms with Crippen molar-refractivity contribution in [2.45, 2.75) is 13.0 Å². The Bertz CT molecular complexity index is 572. The standard InChI is InChI=1S/C15H15Cl2NO/c1-10(12-5-3-4-6-13(12)17)18-14-9-11(16)7-8-15(14)19-2/h3-10,18H,1-2H3. The Labute approximate surface area is 123 Å². The number of rotatable bonds is 4. The molecule has 0 aromatic heterocycles. The molecular weight excluding hydrogens is 281 g/mol. The van der Waals surface area contributed by atoms with Crippen molar-refractivity contribution >= 4 is 28.9 Å². The van der Waals surface area contributed by atoms with Gasteiger partial charge in [-0.15, -0.1) is 0 Å². The first kappa shape index (κ1) is 14.0. The minimum atomic E-state index is 0.0565. The fourth-order valence-corrected chi connectivity index (χ4v) is 2.40. The summed E-state index contributed by atoms with van der Waals surface area (Å²) in [5, 5.41) is 4.77. The van der Waals surface area contributed by atoms with Crippen LogP contribution in [0.2, 0.25) is 10.0 Å². The van der Waals surface area contributed by atoms with Gasteiger partial charge >= 0.3 is 0 Å². The van der Waals surface area contributed by atoms with Crippen LogP contribution >= 0.6 is 23.2 Å². The maximum atomic E-state index is 6.19. The first-order chi connectivity index (χ1) is 9.11. The number of nitrogens with one attached hydrogen (secondary N) is 1. The van der Waals surface area contributed by atoms with Crippen LogP contribution in [0.3, 0.4) is 0 Å². The highest BCUT2D eigenvalue weighted by atomic mass is 35.5. The number of halogens is 2. The van der Waals surface area contributed by atoms with Crippen LogP contribution in [0.1, 0.15) is 18.5 Å². The summed E-state index contributed by atoms with van der Waals surface area (Å²) in [4.78, 5) is 0.